The van der Waals surface area contributed by atoms with Gasteiger partial charge in [0.2, 0.25) is 0 Å². The van der Waals surface area contributed by atoms with Gasteiger partial charge in [0.05, 0.1) is 17.3 Å². The number of rotatable bonds is 2. The van der Waals surface area contributed by atoms with Crippen LogP contribution in [-0.4, -0.2) is 15.2 Å². The summed E-state index contributed by atoms with van der Waals surface area (Å²) in [5, 5.41) is 0. The van der Waals surface area contributed by atoms with E-state index in [0.29, 0.717) is 0 Å². The highest BCUT2D eigenvalue weighted by atomic mass is 32.2. The summed E-state index contributed by atoms with van der Waals surface area (Å²) in [4.78, 5) is 0. The van der Waals surface area contributed by atoms with Gasteiger partial charge in [0.15, 0.2) is 0 Å². The lowest BCUT2D eigenvalue weighted by Crippen LogP contribution is -2.19. The highest BCUT2D eigenvalue weighted by Crippen LogP contribution is 2.12. The van der Waals surface area contributed by atoms with E-state index < -0.39 is 11.0 Å². The molecule has 0 aliphatic heterocycles. The van der Waals surface area contributed by atoms with E-state index in [9.17, 15) is 4.21 Å². The van der Waals surface area contributed by atoms with E-state index in [1.165, 1.54) is 0 Å². The Morgan fingerprint density at radius 1 is 1.54 bits per heavy atom. The summed E-state index contributed by atoms with van der Waals surface area (Å²) in [5.74, 6) is 0. The van der Waals surface area contributed by atoms with Gasteiger partial charge in [-0.15, -0.1) is 0 Å². The predicted molar refractivity (Wildman–Crippen MR) is 54.2 cm³/mol. The van der Waals surface area contributed by atoms with Gasteiger partial charge in [-0.05, 0) is 26.8 Å². The molecule has 3 nitrogen and oxygen atoms in total. The molecule has 1 unspecified atom stereocenters. The second kappa shape index (κ2) is 3.87. The van der Waals surface area contributed by atoms with E-state index in [-0.39, 0.29) is 4.75 Å². The smallest absolute Gasteiger partial charge is 0.144 e. The Kier molecular flexibility index (Phi) is 3.03. The molecule has 13 heavy (non-hydrogen) atoms. The van der Waals surface area contributed by atoms with Gasteiger partial charge in [0.1, 0.15) is 11.0 Å². The molecule has 0 spiro atoms. The molecule has 72 valence electrons. The van der Waals surface area contributed by atoms with Crippen LogP contribution in [0.1, 0.15) is 26.3 Å². The van der Waals surface area contributed by atoms with E-state index in [2.05, 4.69) is 4.40 Å². The normalized spacial score (nSPS) is 15.0. The van der Waals surface area contributed by atoms with Crippen LogP contribution in [0.2, 0.25) is 0 Å². The molecule has 0 amide bonds. The second-order valence-corrected chi connectivity index (χ2v) is 5.59. The van der Waals surface area contributed by atoms with Crippen molar-refractivity contribution in [3.8, 4) is 0 Å². The minimum atomic E-state index is -1.19. The molecule has 0 radical (unpaired) electrons. The molecule has 4 heteroatoms. The van der Waals surface area contributed by atoms with E-state index >= 15 is 0 Å². The van der Waals surface area contributed by atoms with Gasteiger partial charge in [-0.2, -0.15) is 4.40 Å². The molecule has 1 aromatic heterocycles. The number of furan rings is 1. The summed E-state index contributed by atoms with van der Waals surface area (Å²) in [6, 6.07) is 1.77. The molecular formula is C9H13NO2S. The van der Waals surface area contributed by atoms with E-state index in [0.717, 1.165) is 5.56 Å². The lowest BCUT2D eigenvalue weighted by molar-refractivity contribution is 0.567. The Labute approximate surface area is 80.5 Å². The first-order chi connectivity index (χ1) is 6.00. The maximum atomic E-state index is 11.4. The lowest BCUT2D eigenvalue weighted by Gasteiger charge is -2.12. The van der Waals surface area contributed by atoms with E-state index in [1.54, 1.807) is 24.8 Å². The Morgan fingerprint density at radius 2 is 2.23 bits per heavy atom. The summed E-state index contributed by atoms with van der Waals surface area (Å²) < 4.78 is 19.9. The summed E-state index contributed by atoms with van der Waals surface area (Å²) in [7, 11) is -1.19. The minimum absolute atomic E-state index is 0.305. The van der Waals surface area contributed by atoms with Crippen LogP contribution in [0.4, 0.5) is 0 Å². The SMILES string of the molecule is CC(C)(C)S(=O)/N=C/c1ccoc1. The number of hydrogen-bond acceptors (Lipinski definition) is 2. The van der Waals surface area contributed by atoms with Crippen LogP contribution in [0.25, 0.3) is 0 Å². The van der Waals surface area contributed by atoms with Gasteiger partial charge in [0, 0.05) is 11.8 Å². The Bertz CT molecular complexity index is 309. The summed E-state index contributed by atoms with van der Waals surface area (Å²) in [6.07, 6.45) is 4.68. The van der Waals surface area contributed by atoms with Crippen molar-refractivity contribution in [2.24, 2.45) is 4.40 Å². The first kappa shape index (κ1) is 10.2. The third-order valence-electron chi connectivity index (χ3n) is 1.36. The second-order valence-electron chi connectivity index (χ2n) is 3.65. The highest BCUT2D eigenvalue weighted by Gasteiger charge is 2.17. The first-order valence-electron chi connectivity index (χ1n) is 3.98. The van der Waals surface area contributed by atoms with Crippen LogP contribution < -0.4 is 0 Å². The van der Waals surface area contributed by atoms with Crippen molar-refractivity contribution in [1.29, 1.82) is 0 Å². The summed E-state index contributed by atoms with van der Waals surface area (Å²) in [6.45, 7) is 5.65. The molecule has 0 aromatic carbocycles. The average molecular weight is 199 g/mol. The maximum absolute atomic E-state index is 11.4. The number of hydrogen-bond donors (Lipinski definition) is 0. The van der Waals surface area contributed by atoms with E-state index in [4.69, 9.17) is 4.42 Å². The van der Waals surface area contributed by atoms with Gasteiger partial charge < -0.3 is 4.42 Å². The van der Waals surface area contributed by atoms with Crippen molar-refractivity contribution < 1.29 is 8.63 Å². The third kappa shape index (κ3) is 3.14. The molecule has 0 saturated carbocycles. The van der Waals surface area contributed by atoms with Crippen LogP contribution in [0.3, 0.4) is 0 Å². The zero-order valence-electron chi connectivity index (χ0n) is 7.98. The van der Waals surface area contributed by atoms with Crippen LogP contribution >= 0.6 is 0 Å². The monoisotopic (exact) mass is 199 g/mol. The van der Waals surface area contributed by atoms with Crippen LogP contribution in [-0.2, 0) is 11.0 Å². The summed E-state index contributed by atoms with van der Waals surface area (Å²) >= 11 is 0. The maximum Gasteiger partial charge on any atom is 0.144 e. The molecule has 0 aliphatic carbocycles. The quantitative estimate of drug-likeness (QED) is 0.685. The van der Waals surface area contributed by atoms with Crippen LogP contribution in [0.15, 0.2) is 27.4 Å². The van der Waals surface area contributed by atoms with Crippen molar-refractivity contribution >= 4 is 17.2 Å². The van der Waals surface area contributed by atoms with Crippen molar-refractivity contribution in [3.63, 3.8) is 0 Å². The molecule has 0 bridgehead atoms. The standard InChI is InChI=1S/C9H13NO2S/c1-9(2,3)13(11)10-6-8-4-5-12-7-8/h4-7H,1-3H3/b10-6+. The van der Waals surface area contributed by atoms with Gasteiger partial charge in [-0.25, -0.2) is 4.21 Å². The summed E-state index contributed by atoms with van der Waals surface area (Å²) in [5.41, 5.74) is 0.831. The Balaban J connectivity index is 2.65. The lowest BCUT2D eigenvalue weighted by atomic mass is 10.3. The van der Waals surface area contributed by atoms with Gasteiger partial charge >= 0.3 is 0 Å². The molecule has 0 saturated heterocycles. The number of nitrogens with zero attached hydrogens (tertiary/aromatic N) is 1. The zero-order chi connectivity index (χ0) is 9.90. The van der Waals surface area contributed by atoms with Gasteiger partial charge in [0.25, 0.3) is 0 Å². The van der Waals surface area contributed by atoms with Crippen molar-refractivity contribution in [1.82, 2.24) is 0 Å². The molecule has 1 heterocycles. The topological polar surface area (TPSA) is 42.6 Å². The predicted octanol–water partition coefficient (Wildman–Crippen LogP) is 2.16. The molecule has 1 aromatic rings. The highest BCUT2D eigenvalue weighted by molar-refractivity contribution is 7.85. The molecule has 0 N–H and O–H groups in total. The zero-order valence-corrected chi connectivity index (χ0v) is 8.80. The first-order valence-corrected chi connectivity index (χ1v) is 5.09. The van der Waals surface area contributed by atoms with Crippen LogP contribution in [0, 0.1) is 0 Å². The van der Waals surface area contributed by atoms with Crippen LogP contribution in [0.5, 0.6) is 0 Å². The fourth-order valence-corrected chi connectivity index (χ4v) is 1.15. The Morgan fingerprint density at radius 3 is 2.69 bits per heavy atom. The minimum Gasteiger partial charge on any atom is -0.472 e. The van der Waals surface area contributed by atoms with E-state index in [1.807, 2.05) is 20.8 Å². The largest absolute Gasteiger partial charge is 0.472 e. The average Bonchev–Trinajstić information content (AvgIpc) is 2.50. The molecule has 1 atom stereocenters. The fourth-order valence-electron chi connectivity index (χ4n) is 0.615. The molecule has 0 aliphatic rings. The third-order valence-corrected chi connectivity index (χ3v) is 2.71. The van der Waals surface area contributed by atoms with Gasteiger partial charge in [-0.1, -0.05) is 0 Å². The fraction of sp³-hybridized carbons (Fsp3) is 0.444. The van der Waals surface area contributed by atoms with Gasteiger partial charge in [-0.3, -0.25) is 0 Å². The van der Waals surface area contributed by atoms with Crippen molar-refractivity contribution in [3.05, 3.63) is 24.2 Å². The Hall–Kier alpha value is -0.900. The van der Waals surface area contributed by atoms with Crippen molar-refractivity contribution in [2.75, 3.05) is 0 Å². The molecular weight excluding hydrogens is 186 g/mol. The molecule has 1 rings (SSSR count). The van der Waals surface area contributed by atoms with Crippen molar-refractivity contribution in [2.45, 2.75) is 25.5 Å². The molecule has 0 fully saturated rings.